The van der Waals surface area contributed by atoms with E-state index < -0.39 is 53.6 Å². The van der Waals surface area contributed by atoms with Gasteiger partial charge in [-0.2, -0.15) is 0 Å². The first-order valence-corrected chi connectivity index (χ1v) is 11.8. The van der Waals surface area contributed by atoms with Crippen LogP contribution in [-0.2, 0) is 15.9 Å². The molecule has 0 radical (unpaired) electrons. The maximum atomic E-state index is 12.7. The molecule has 2 aliphatic rings. The molecule has 2 aromatic carbocycles. The molecule has 2 amide bonds. The summed E-state index contributed by atoms with van der Waals surface area (Å²) in [4.78, 5) is 66.4. The number of H-pyrrole nitrogens is 1. The number of imide groups is 1. The topological polar surface area (TPSA) is 168 Å². The molecule has 0 bridgehead atoms. The number of ether oxygens (including phenoxy) is 2. The number of amides is 2. The van der Waals surface area contributed by atoms with Gasteiger partial charge in [0, 0.05) is 18.3 Å². The fourth-order valence-corrected chi connectivity index (χ4v) is 4.48. The van der Waals surface area contributed by atoms with Gasteiger partial charge in [0.05, 0.1) is 23.3 Å². The van der Waals surface area contributed by atoms with Gasteiger partial charge in [-0.25, -0.2) is 9.59 Å². The summed E-state index contributed by atoms with van der Waals surface area (Å²) in [6.45, 7) is -0.506. The van der Waals surface area contributed by atoms with E-state index in [0.717, 1.165) is 15.7 Å². The number of carbonyl (C=O) groups excluding carboxylic acids is 3. The molecule has 38 heavy (non-hydrogen) atoms. The maximum Gasteiger partial charge on any atom is 0.338 e. The van der Waals surface area contributed by atoms with E-state index >= 15 is 0 Å². The van der Waals surface area contributed by atoms with E-state index in [1.54, 1.807) is 42.5 Å². The average Bonchev–Trinajstić information content (AvgIpc) is 3.16. The summed E-state index contributed by atoms with van der Waals surface area (Å²) in [6, 6.07) is 14.3. The van der Waals surface area contributed by atoms with Crippen LogP contribution >= 0.6 is 0 Å². The van der Waals surface area contributed by atoms with Gasteiger partial charge in [0.25, 0.3) is 17.4 Å². The highest BCUT2D eigenvalue weighted by atomic mass is 16.6. The minimum Gasteiger partial charge on any atom is -0.451 e. The van der Waals surface area contributed by atoms with Crippen molar-refractivity contribution in [2.24, 2.45) is 0 Å². The summed E-state index contributed by atoms with van der Waals surface area (Å²) >= 11 is 0. The van der Waals surface area contributed by atoms with E-state index in [0.29, 0.717) is 0 Å². The zero-order valence-electron chi connectivity index (χ0n) is 19.9. The number of hydrogen-bond acceptors (Lipinski definition) is 9. The fourth-order valence-electron chi connectivity index (χ4n) is 4.48. The molecule has 0 spiro atoms. The van der Waals surface area contributed by atoms with Gasteiger partial charge in [0.15, 0.2) is 12.3 Å². The Labute approximate surface area is 214 Å². The molecule has 1 unspecified atom stereocenters. The van der Waals surface area contributed by atoms with Crippen LogP contribution in [0.15, 0.2) is 70.4 Å². The zero-order chi connectivity index (χ0) is 27.0. The molecule has 0 saturated carbocycles. The van der Waals surface area contributed by atoms with Gasteiger partial charge in [-0.3, -0.25) is 28.8 Å². The molecule has 12 nitrogen and oxygen atoms in total. The van der Waals surface area contributed by atoms with E-state index in [2.05, 4.69) is 4.98 Å². The third-order valence-electron chi connectivity index (χ3n) is 6.50. The molecular formula is C26H23N3O9. The number of aliphatic hydroxyl groups is 2. The lowest BCUT2D eigenvalue weighted by Gasteiger charge is -2.38. The minimum atomic E-state index is -1.60. The van der Waals surface area contributed by atoms with E-state index in [4.69, 9.17) is 9.47 Å². The number of esters is 1. The predicted molar refractivity (Wildman–Crippen MR) is 129 cm³/mol. The minimum absolute atomic E-state index is 0.0403. The molecular weight excluding hydrogens is 498 g/mol. The van der Waals surface area contributed by atoms with Crippen LogP contribution < -0.4 is 11.2 Å². The molecule has 3 N–H and O–H groups in total. The second-order valence-corrected chi connectivity index (χ2v) is 8.90. The van der Waals surface area contributed by atoms with Gasteiger partial charge < -0.3 is 19.7 Å². The van der Waals surface area contributed by atoms with Crippen LogP contribution in [0.4, 0.5) is 0 Å². The summed E-state index contributed by atoms with van der Waals surface area (Å²) < 4.78 is 11.9. The summed E-state index contributed by atoms with van der Waals surface area (Å²) in [5, 5.41) is 20.7. The second-order valence-electron chi connectivity index (χ2n) is 8.90. The molecule has 196 valence electrons. The van der Waals surface area contributed by atoms with Crippen LogP contribution in [0.25, 0.3) is 0 Å². The SMILES string of the molecule is O=C(O[C@H]1C(n2cc(CCN3C(=O)c4ccccc4C3=O)c(=O)[nH]c2=O)OC[C@@H](O)[C@H]1O)c1ccccc1. The van der Waals surface area contributed by atoms with Gasteiger partial charge in [0.2, 0.25) is 0 Å². The van der Waals surface area contributed by atoms with Crippen molar-refractivity contribution in [1.29, 1.82) is 0 Å². The normalized spacial score (nSPS) is 22.8. The molecule has 3 aromatic rings. The van der Waals surface area contributed by atoms with Gasteiger partial charge in [-0.05, 0) is 30.7 Å². The number of nitrogens with one attached hydrogen (secondary N) is 1. The van der Waals surface area contributed by atoms with Crippen molar-refractivity contribution in [3.63, 3.8) is 0 Å². The van der Waals surface area contributed by atoms with Gasteiger partial charge in [-0.1, -0.05) is 30.3 Å². The van der Waals surface area contributed by atoms with Crippen LogP contribution in [0.3, 0.4) is 0 Å². The molecule has 1 saturated heterocycles. The quantitative estimate of drug-likeness (QED) is 0.295. The highest BCUT2D eigenvalue weighted by Gasteiger charge is 2.43. The zero-order valence-corrected chi connectivity index (χ0v) is 19.9. The third kappa shape index (κ3) is 4.56. The smallest absolute Gasteiger partial charge is 0.338 e. The van der Waals surface area contributed by atoms with Crippen LogP contribution in [0, 0.1) is 0 Å². The van der Waals surface area contributed by atoms with Gasteiger partial charge in [-0.15, -0.1) is 0 Å². The number of benzene rings is 2. The number of rotatable bonds is 6. The Morgan fingerprint density at radius 1 is 0.974 bits per heavy atom. The van der Waals surface area contributed by atoms with E-state index in [1.165, 1.54) is 12.1 Å². The number of carbonyl (C=O) groups is 3. The molecule has 1 fully saturated rings. The standard InChI is InChI=1S/C26H23N3O9/c30-18-13-37-24(20(19(18)31)38-25(35)14-6-2-1-3-7-14)29-12-15(21(32)27-26(29)36)10-11-28-22(33)16-8-4-5-9-17(16)23(28)34/h1-9,12,18-20,24,30-31H,10-11,13H2,(H,27,32,36)/t18-,19-,20-,24?/m1/s1. The lowest BCUT2D eigenvalue weighted by atomic mass is 10.0. The van der Waals surface area contributed by atoms with Crippen LogP contribution in [0.5, 0.6) is 0 Å². The van der Waals surface area contributed by atoms with Crippen molar-refractivity contribution >= 4 is 17.8 Å². The summed E-state index contributed by atoms with van der Waals surface area (Å²) in [5.41, 5.74) is -0.899. The second kappa shape index (κ2) is 10.2. The highest BCUT2D eigenvalue weighted by Crippen LogP contribution is 2.27. The third-order valence-corrected chi connectivity index (χ3v) is 6.50. The molecule has 12 heteroatoms. The lowest BCUT2D eigenvalue weighted by molar-refractivity contribution is -0.212. The Morgan fingerprint density at radius 2 is 1.61 bits per heavy atom. The van der Waals surface area contributed by atoms with Crippen molar-refractivity contribution in [2.75, 3.05) is 13.2 Å². The Morgan fingerprint density at radius 3 is 2.26 bits per heavy atom. The van der Waals surface area contributed by atoms with E-state index in [9.17, 15) is 34.2 Å². The average molecular weight is 521 g/mol. The first kappa shape index (κ1) is 25.3. The maximum absolute atomic E-state index is 12.7. The van der Waals surface area contributed by atoms with Crippen molar-refractivity contribution in [3.05, 3.63) is 104 Å². The Kier molecular flexibility index (Phi) is 6.76. The lowest BCUT2D eigenvalue weighted by Crippen LogP contribution is -2.54. The van der Waals surface area contributed by atoms with Gasteiger partial charge >= 0.3 is 11.7 Å². The largest absolute Gasteiger partial charge is 0.451 e. The summed E-state index contributed by atoms with van der Waals surface area (Å²) in [7, 11) is 0. The summed E-state index contributed by atoms with van der Waals surface area (Å²) in [5.74, 6) is -1.80. The van der Waals surface area contributed by atoms with Crippen molar-refractivity contribution in [3.8, 4) is 0 Å². The number of aliphatic hydroxyl groups excluding tert-OH is 2. The Balaban J connectivity index is 1.40. The molecule has 3 heterocycles. The number of nitrogens with zero attached hydrogens (tertiary/aromatic N) is 2. The Bertz CT molecular complexity index is 1480. The number of hydrogen-bond donors (Lipinski definition) is 3. The molecule has 0 aliphatic carbocycles. The predicted octanol–water partition coefficient (Wildman–Crippen LogP) is -0.148. The molecule has 2 aliphatic heterocycles. The van der Waals surface area contributed by atoms with E-state index in [1.807, 2.05) is 0 Å². The first-order valence-electron chi connectivity index (χ1n) is 11.8. The highest BCUT2D eigenvalue weighted by molar-refractivity contribution is 6.21. The molecule has 1 aromatic heterocycles. The molecule has 5 rings (SSSR count). The monoisotopic (exact) mass is 521 g/mol. The first-order chi connectivity index (χ1) is 18.3. The number of fused-ring (bicyclic) bond motifs is 1. The number of aromatic amines is 1. The molecule has 4 atom stereocenters. The van der Waals surface area contributed by atoms with Crippen molar-refractivity contribution in [1.82, 2.24) is 14.5 Å². The van der Waals surface area contributed by atoms with E-state index in [-0.39, 0.29) is 41.8 Å². The van der Waals surface area contributed by atoms with Crippen LogP contribution in [0.1, 0.15) is 42.9 Å². The number of aromatic nitrogens is 2. The van der Waals surface area contributed by atoms with Crippen molar-refractivity contribution < 1.29 is 34.1 Å². The fraction of sp³-hybridized carbons (Fsp3) is 0.269. The van der Waals surface area contributed by atoms with Crippen LogP contribution in [0.2, 0.25) is 0 Å². The van der Waals surface area contributed by atoms with Crippen LogP contribution in [-0.4, -0.2) is 73.9 Å². The Hall–Kier alpha value is -4.39. The van der Waals surface area contributed by atoms with Crippen molar-refractivity contribution in [2.45, 2.75) is 31.0 Å². The van der Waals surface area contributed by atoms with Gasteiger partial charge in [0.1, 0.15) is 12.2 Å². The summed E-state index contributed by atoms with van der Waals surface area (Å²) in [6.07, 6.45) is -4.80.